The van der Waals surface area contributed by atoms with Gasteiger partial charge in [-0.15, -0.1) is 0 Å². The van der Waals surface area contributed by atoms with Gasteiger partial charge in [0, 0.05) is 44.1 Å². The first-order valence-corrected chi connectivity index (χ1v) is 12.6. The quantitative estimate of drug-likeness (QED) is 0.384. The number of hydrogen-bond donors (Lipinski definition) is 2. The molecule has 0 aliphatic carbocycles. The minimum Gasteiger partial charge on any atom is -0.370 e. The Bertz CT molecular complexity index is 1250. The van der Waals surface area contributed by atoms with Crippen molar-refractivity contribution in [2.75, 3.05) is 43.4 Å². The van der Waals surface area contributed by atoms with E-state index in [0.717, 1.165) is 30.3 Å². The number of nitrogens with zero attached hydrogens (tertiary/aromatic N) is 3. The number of sulfonamides is 1. The number of aromatic nitrogens is 1. The lowest BCUT2D eigenvalue weighted by atomic mass is 10.1. The van der Waals surface area contributed by atoms with Gasteiger partial charge in [0.2, 0.25) is 6.30 Å². The lowest BCUT2D eigenvalue weighted by molar-refractivity contribution is -0.137. The molecule has 0 spiro atoms. The Morgan fingerprint density at radius 3 is 2.43 bits per heavy atom. The number of carbonyl (C=O) groups excluding carboxylic acids is 1. The molecule has 0 bridgehead atoms. The number of hydrogen-bond acceptors (Lipinski definition) is 6. The number of nitrogens with one attached hydrogen (secondary N) is 2. The van der Waals surface area contributed by atoms with Crippen molar-refractivity contribution in [1.82, 2.24) is 14.6 Å². The van der Waals surface area contributed by atoms with E-state index >= 15 is 0 Å². The molecule has 1 aliphatic heterocycles. The highest BCUT2D eigenvalue weighted by Crippen LogP contribution is 2.39. The molecule has 0 saturated carbocycles. The second-order valence-corrected chi connectivity index (χ2v) is 10.2. The summed E-state index contributed by atoms with van der Waals surface area (Å²) in [5, 5.41) is 1.24. The van der Waals surface area contributed by atoms with Crippen molar-refractivity contribution in [3.63, 3.8) is 0 Å². The van der Waals surface area contributed by atoms with E-state index in [0.29, 0.717) is 6.07 Å². The maximum Gasteiger partial charge on any atom is 0.417 e. The van der Waals surface area contributed by atoms with Crippen LogP contribution in [-0.2, 0) is 16.2 Å². The second-order valence-electron chi connectivity index (χ2n) is 7.98. The first kappa shape index (κ1) is 28.9. The zero-order valence-corrected chi connectivity index (χ0v) is 20.8. The van der Waals surface area contributed by atoms with E-state index in [1.54, 1.807) is 0 Å². The van der Waals surface area contributed by atoms with Crippen LogP contribution in [0.5, 0.6) is 0 Å². The fourth-order valence-electron chi connectivity index (χ4n) is 3.74. The Kier molecular flexibility index (Phi) is 8.93. The molecular weight excluding hydrogens is 552 g/mol. The summed E-state index contributed by atoms with van der Waals surface area (Å²) in [5.74, 6) is -0.915. The minimum atomic E-state index is -4.86. The van der Waals surface area contributed by atoms with Crippen LogP contribution in [0.3, 0.4) is 0 Å². The fraction of sp³-hybridized carbons (Fsp3) is 0.429. The number of halogens is 7. The predicted molar refractivity (Wildman–Crippen MR) is 124 cm³/mol. The Morgan fingerprint density at radius 1 is 1.11 bits per heavy atom. The molecule has 0 radical (unpaired) electrons. The van der Waals surface area contributed by atoms with Crippen molar-refractivity contribution in [2.45, 2.75) is 30.3 Å². The molecule has 1 aromatic heterocycles. The number of amides is 1. The van der Waals surface area contributed by atoms with Gasteiger partial charge in [0.15, 0.2) is 5.03 Å². The monoisotopic (exact) mass is 573 g/mol. The summed E-state index contributed by atoms with van der Waals surface area (Å²) in [7, 11) is -2.79. The maximum atomic E-state index is 13.9. The van der Waals surface area contributed by atoms with Crippen LogP contribution in [0.2, 0.25) is 5.02 Å². The average molecular weight is 574 g/mol. The van der Waals surface area contributed by atoms with Gasteiger partial charge in [0.1, 0.15) is 0 Å². The van der Waals surface area contributed by atoms with Crippen LogP contribution in [0.4, 0.5) is 37.7 Å². The SMILES string of the molecule is CNS(=O)(=O)c1cc(NC(=O)c2cc(Cl)c(C(F)(F)F)cc2N2CCCN(C(F)C(F)F)CC2)ccn1. The van der Waals surface area contributed by atoms with E-state index in [-0.39, 0.29) is 49.5 Å². The Labute approximate surface area is 213 Å². The molecule has 8 nitrogen and oxygen atoms in total. The summed E-state index contributed by atoms with van der Waals surface area (Å²) in [5.41, 5.74) is -1.72. The summed E-state index contributed by atoms with van der Waals surface area (Å²) in [6.45, 7) is -0.396. The van der Waals surface area contributed by atoms with Gasteiger partial charge in [-0.05, 0) is 31.7 Å². The van der Waals surface area contributed by atoms with E-state index < -0.39 is 50.4 Å². The molecule has 2 N–H and O–H groups in total. The van der Waals surface area contributed by atoms with E-state index in [1.807, 2.05) is 0 Å². The summed E-state index contributed by atoms with van der Waals surface area (Å²) in [4.78, 5) is 19.1. The number of benzene rings is 1. The zero-order valence-electron chi connectivity index (χ0n) is 19.2. The topological polar surface area (TPSA) is 94.6 Å². The van der Waals surface area contributed by atoms with Gasteiger partial charge in [-0.3, -0.25) is 9.69 Å². The van der Waals surface area contributed by atoms with Gasteiger partial charge in [-0.1, -0.05) is 11.6 Å². The minimum absolute atomic E-state index is 0.0185. The van der Waals surface area contributed by atoms with E-state index in [2.05, 4.69) is 15.0 Å². The molecule has 3 rings (SSSR count). The highest BCUT2D eigenvalue weighted by Gasteiger charge is 2.36. The molecule has 1 atom stereocenters. The largest absolute Gasteiger partial charge is 0.417 e. The third-order valence-corrected chi connectivity index (χ3v) is 7.22. The van der Waals surface area contributed by atoms with Crippen LogP contribution in [0, 0.1) is 0 Å². The van der Waals surface area contributed by atoms with E-state index in [9.17, 15) is 39.6 Å². The van der Waals surface area contributed by atoms with Crippen molar-refractivity contribution in [3.8, 4) is 0 Å². The summed E-state index contributed by atoms with van der Waals surface area (Å²) in [6.07, 6.45) is -9.40. The van der Waals surface area contributed by atoms with Gasteiger partial charge in [0.05, 0.1) is 21.8 Å². The smallest absolute Gasteiger partial charge is 0.370 e. The molecule has 1 aromatic carbocycles. The molecule has 2 aromatic rings. The Balaban J connectivity index is 1.98. The van der Waals surface area contributed by atoms with Crippen LogP contribution >= 0.6 is 11.6 Å². The molecule has 2 heterocycles. The van der Waals surface area contributed by atoms with E-state index in [1.165, 1.54) is 11.0 Å². The molecule has 1 unspecified atom stereocenters. The summed E-state index contributed by atoms with van der Waals surface area (Å²) >= 11 is 5.85. The molecule has 1 saturated heterocycles. The third kappa shape index (κ3) is 6.83. The van der Waals surface area contributed by atoms with Crippen LogP contribution in [0.1, 0.15) is 22.3 Å². The summed E-state index contributed by atoms with van der Waals surface area (Å²) < 4.78 is 106. The zero-order chi connectivity index (χ0) is 27.5. The summed E-state index contributed by atoms with van der Waals surface area (Å²) in [6, 6.07) is 3.82. The molecule has 16 heteroatoms. The van der Waals surface area contributed by atoms with Crippen molar-refractivity contribution >= 4 is 38.9 Å². The molecule has 37 heavy (non-hydrogen) atoms. The standard InChI is InChI=1S/C21H22ClF6N5O3S/c1-29-37(35,36)17-9-12(3-4-30-17)31-20(34)13-10-15(22)14(21(26,27)28)11-16(13)32-5-2-6-33(8-7-32)19(25)18(23)24/h3-4,9-11,18-19,29H,2,5-8H2,1H3,(H,30,31,34). The first-order chi connectivity index (χ1) is 17.2. The normalized spacial score (nSPS) is 16.5. The predicted octanol–water partition coefficient (Wildman–Crippen LogP) is 3.99. The van der Waals surface area contributed by atoms with Crippen molar-refractivity contribution < 1.29 is 39.6 Å². The number of rotatable bonds is 7. The van der Waals surface area contributed by atoms with Crippen LogP contribution < -0.4 is 14.9 Å². The average Bonchev–Trinajstić information content (AvgIpc) is 3.09. The Hall–Kier alpha value is -2.62. The third-order valence-electron chi connectivity index (χ3n) is 5.60. The van der Waals surface area contributed by atoms with Crippen LogP contribution in [0.15, 0.2) is 35.5 Å². The fourth-order valence-corrected chi connectivity index (χ4v) is 4.71. The number of pyridine rings is 1. The molecular formula is C21H22ClF6N5O3S. The lowest BCUT2D eigenvalue weighted by Gasteiger charge is -2.27. The molecule has 1 amide bonds. The van der Waals surface area contributed by atoms with Crippen molar-refractivity contribution in [2.24, 2.45) is 0 Å². The van der Waals surface area contributed by atoms with Gasteiger partial charge in [-0.25, -0.2) is 31.3 Å². The lowest BCUT2D eigenvalue weighted by Crippen LogP contribution is -2.40. The van der Waals surface area contributed by atoms with Crippen LogP contribution in [0.25, 0.3) is 0 Å². The number of carbonyl (C=O) groups is 1. The first-order valence-electron chi connectivity index (χ1n) is 10.8. The number of anilines is 2. The van der Waals surface area contributed by atoms with Crippen LogP contribution in [-0.4, -0.2) is 70.2 Å². The molecule has 1 aliphatic rings. The highest BCUT2D eigenvalue weighted by atomic mass is 35.5. The Morgan fingerprint density at radius 2 is 1.81 bits per heavy atom. The van der Waals surface area contributed by atoms with Gasteiger partial charge in [-0.2, -0.15) is 13.2 Å². The number of alkyl halides is 6. The van der Waals surface area contributed by atoms with E-state index in [4.69, 9.17) is 11.6 Å². The van der Waals surface area contributed by atoms with Gasteiger partial charge in [0.25, 0.3) is 22.4 Å². The van der Waals surface area contributed by atoms with Crippen molar-refractivity contribution in [1.29, 1.82) is 0 Å². The van der Waals surface area contributed by atoms with Gasteiger partial charge >= 0.3 is 6.18 Å². The highest BCUT2D eigenvalue weighted by molar-refractivity contribution is 7.89. The van der Waals surface area contributed by atoms with Crippen molar-refractivity contribution in [3.05, 3.63) is 46.6 Å². The molecule has 204 valence electrons. The second kappa shape index (κ2) is 11.4. The van der Waals surface area contributed by atoms with Gasteiger partial charge < -0.3 is 10.2 Å². The molecule has 1 fully saturated rings. The maximum absolute atomic E-state index is 13.9.